The van der Waals surface area contributed by atoms with E-state index in [9.17, 15) is 24.3 Å². The molecular weight excluding hydrogens is 715 g/mol. The highest BCUT2D eigenvalue weighted by molar-refractivity contribution is 8.00. The molecule has 4 fully saturated rings. The Bertz CT molecular complexity index is 1140. The molecule has 0 aromatic rings. The first kappa shape index (κ1) is 43.7. The van der Waals surface area contributed by atoms with Gasteiger partial charge in [-0.3, -0.25) is 14.6 Å². The van der Waals surface area contributed by atoms with Crippen molar-refractivity contribution in [1.82, 2.24) is 42.1 Å². The van der Waals surface area contributed by atoms with E-state index < -0.39 is 12.0 Å². The Balaban J connectivity index is 1.39. The molecular formula is C37H69N9O5S2. The summed E-state index contributed by atoms with van der Waals surface area (Å²) < 4.78 is 0. The number of urea groups is 2. The summed E-state index contributed by atoms with van der Waals surface area (Å²) >= 11 is 3.75. The number of nitrogens with zero attached hydrogens (tertiary/aromatic N) is 2. The molecule has 0 saturated carbocycles. The summed E-state index contributed by atoms with van der Waals surface area (Å²) in [6.45, 7) is 6.23. The topological polar surface area (TPSA) is 193 Å². The highest BCUT2D eigenvalue weighted by atomic mass is 32.2. The maximum Gasteiger partial charge on any atom is 0.322 e. The molecule has 304 valence electrons. The van der Waals surface area contributed by atoms with E-state index in [1.165, 1.54) is 0 Å². The summed E-state index contributed by atoms with van der Waals surface area (Å²) in [7, 11) is 0. The van der Waals surface area contributed by atoms with Crippen molar-refractivity contribution in [2.24, 2.45) is 5.73 Å². The number of rotatable bonds is 29. The summed E-state index contributed by atoms with van der Waals surface area (Å²) in [5, 5.41) is 27.1. The molecule has 4 aliphatic rings. The lowest BCUT2D eigenvalue weighted by atomic mass is 10.0. The zero-order valence-corrected chi connectivity index (χ0v) is 33.9. The van der Waals surface area contributed by atoms with E-state index in [0.29, 0.717) is 37.7 Å². The molecule has 5 amide bonds. The maximum atomic E-state index is 13.9. The Morgan fingerprint density at radius 3 is 1.98 bits per heavy atom. The van der Waals surface area contributed by atoms with Gasteiger partial charge in [-0.15, -0.1) is 0 Å². The number of hydrazine groups is 2. The van der Waals surface area contributed by atoms with Crippen LogP contribution in [0, 0.1) is 0 Å². The molecule has 4 heterocycles. The van der Waals surface area contributed by atoms with Gasteiger partial charge in [-0.25, -0.2) is 25.4 Å². The van der Waals surface area contributed by atoms with Gasteiger partial charge < -0.3 is 32.1 Å². The van der Waals surface area contributed by atoms with E-state index in [4.69, 9.17) is 5.73 Å². The number of fused-ring (bicyclic) bond motifs is 2. The monoisotopic (exact) mass is 783 g/mol. The number of thioether (sulfide) groups is 2. The van der Waals surface area contributed by atoms with Crippen LogP contribution in [-0.2, 0) is 9.59 Å². The average molecular weight is 784 g/mol. The van der Waals surface area contributed by atoms with Gasteiger partial charge in [0.15, 0.2) is 0 Å². The van der Waals surface area contributed by atoms with Crippen molar-refractivity contribution in [3.63, 3.8) is 0 Å². The molecule has 0 aromatic heterocycles. The summed E-state index contributed by atoms with van der Waals surface area (Å²) in [4.78, 5) is 50.3. The molecule has 9 N–H and O–H groups in total. The largest absolute Gasteiger partial charge is 0.480 e. The number of carboxylic acid groups (broad SMARTS) is 1. The standard InChI is InChI=1S/C37H69N9O5S2/c1-3-5-7-13-22-45(43-26(35(48)49)16-15-18-30-34-28(25-53-30)40-37(51)42-34)31(19-9-6-4-2)44-46(23-14-8-12-21-38)32(47)20-11-10-17-29-33-27(24-52-29)39-36(50)41-33/h26-31,33-34,43-44H,3-25,38H2,1-2H3,(H,48,49)(H2,39,41,50)(H2,40,42,51)/t26?,27-,28-,29-,30-,31?,33-,34-/m0/s1. The van der Waals surface area contributed by atoms with Crippen molar-refractivity contribution in [3.05, 3.63) is 0 Å². The van der Waals surface area contributed by atoms with Gasteiger partial charge in [-0.2, -0.15) is 23.5 Å². The van der Waals surface area contributed by atoms with Crippen LogP contribution < -0.4 is 37.9 Å². The third-order valence-corrected chi connectivity index (χ3v) is 14.0. The smallest absolute Gasteiger partial charge is 0.322 e. The Morgan fingerprint density at radius 1 is 0.755 bits per heavy atom. The lowest BCUT2D eigenvalue weighted by Crippen LogP contribution is -2.61. The number of carbonyl (C=O) groups excluding carboxylic acids is 3. The van der Waals surface area contributed by atoms with E-state index in [1.807, 2.05) is 28.5 Å². The number of carbonyl (C=O) groups is 4. The number of hydrogen-bond donors (Lipinski definition) is 8. The van der Waals surface area contributed by atoms with E-state index >= 15 is 0 Å². The van der Waals surface area contributed by atoms with E-state index in [0.717, 1.165) is 114 Å². The number of amides is 5. The van der Waals surface area contributed by atoms with Gasteiger partial charge in [0.05, 0.1) is 30.3 Å². The minimum Gasteiger partial charge on any atom is -0.480 e. The maximum absolute atomic E-state index is 13.9. The fourth-order valence-electron chi connectivity index (χ4n) is 7.94. The zero-order valence-electron chi connectivity index (χ0n) is 32.3. The molecule has 4 rings (SSSR count). The first-order chi connectivity index (χ1) is 25.7. The Kier molecular flexibility index (Phi) is 19.7. The van der Waals surface area contributed by atoms with Crippen molar-refractivity contribution >= 4 is 47.5 Å². The van der Waals surface area contributed by atoms with Crippen molar-refractivity contribution in [1.29, 1.82) is 0 Å². The van der Waals surface area contributed by atoms with E-state index in [-0.39, 0.29) is 53.6 Å². The van der Waals surface area contributed by atoms with Gasteiger partial charge in [-0.1, -0.05) is 71.6 Å². The predicted octanol–water partition coefficient (Wildman–Crippen LogP) is 4.26. The molecule has 8 atom stereocenters. The highest BCUT2D eigenvalue weighted by Gasteiger charge is 2.43. The second kappa shape index (κ2) is 23.8. The van der Waals surface area contributed by atoms with Gasteiger partial charge in [0.2, 0.25) is 5.91 Å². The Hall–Kier alpha value is -1.98. The molecule has 53 heavy (non-hydrogen) atoms. The number of unbranched alkanes of at least 4 members (excludes halogenated alkanes) is 8. The minimum atomic E-state index is -0.877. The second-order valence-corrected chi connectivity index (χ2v) is 17.8. The molecule has 0 radical (unpaired) electrons. The lowest BCUT2D eigenvalue weighted by molar-refractivity contribution is -0.144. The first-order valence-corrected chi connectivity index (χ1v) is 22.7. The van der Waals surface area contributed by atoms with Gasteiger partial charge >= 0.3 is 18.0 Å². The molecule has 16 heteroatoms. The van der Waals surface area contributed by atoms with Gasteiger partial charge in [-0.05, 0) is 57.9 Å². The van der Waals surface area contributed by atoms with E-state index in [2.05, 4.69) is 51.0 Å². The summed E-state index contributed by atoms with van der Waals surface area (Å²) in [6, 6.07) is -0.344. The summed E-state index contributed by atoms with van der Waals surface area (Å²) in [5.41, 5.74) is 12.9. The van der Waals surface area contributed by atoms with Gasteiger partial charge in [0.1, 0.15) is 6.04 Å². The van der Waals surface area contributed by atoms with Crippen molar-refractivity contribution in [2.45, 2.75) is 176 Å². The SMILES string of the molecule is CCCCCCN(NC(CCC[C@@H]1SC[C@@H]2NC(=O)N[C@@H]21)C(=O)O)C(CCCCC)NN(CCCCCN)C(=O)CCCC[C@@H]1SC[C@@H]2NC(=O)N[C@@H]21. The molecule has 2 unspecified atom stereocenters. The Labute approximate surface area is 326 Å². The number of aliphatic carboxylic acids is 1. The molecule has 0 aromatic carbocycles. The van der Waals surface area contributed by atoms with Crippen LogP contribution in [0.15, 0.2) is 0 Å². The molecule has 4 saturated heterocycles. The first-order valence-electron chi connectivity index (χ1n) is 20.6. The zero-order chi connectivity index (χ0) is 38.0. The van der Waals surface area contributed by atoms with Crippen LogP contribution in [0.2, 0.25) is 0 Å². The Morgan fingerprint density at radius 2 is 1.36 bits per heavy atom. The average Bonchev–Trinajstić information content (AvgIpc) is 3.90. The van der Waals surface area contributed by atoms with E-state index in [1.54, 1.807) is 0 Å². The molecule has 0 bridgehead atoms. The third kappa shape index (κ3) is 14.2. The minimum absolute atomic E-state index is 0.0626. The van der Waals surface area contributed by atoms with Crippen LogP contribution in [0.5, 0.6) is 0 Å². The number of nitrogens with two attached hydrogens (primary N) is 1. The molecule has 0 spiro atoms. The normalized spacial score (nSPS) is 25.7. The number of nitrogens with one attached hydrogen (secondary N) is 6. The van der Waals surface area contributed by atoms with Crippen LogP contribution >= 0.6 is 23.5 Å². The van der Waals surface area contributed by atoms with Crippen LogP contribution in [0.3, 0.4) is 0 Å². The van der Waals surface area contributed by atoms with Crippen molar-refractivity contribution in [3.8, 4) is 0 Å². The molecule has 4 aliphatic heterocycles. The fraction of sp³-hybridized carbons (Fsp3) is 0.892. The van der Waals surface area contributed by atoms with Crippen molar-refractivity contribution in [2.75, 3.05) is 31.1 Å². The predicted molar refractivity (Wildman–Crippen MR) is 214 cm³/mol. The second-order valence-electron chi connectivity index (χ2n) is 15.2. The third-order valence-electron chi connectivity index (χ3n) is 11.0. The lowest BCUT2D eigenvalue weighted by Gasteiger charge is -2.38. The van der Waals surface area contributed by atoms with Gasteiger partial charge in [0.25, 0.3) is 0 Å². The highest BCUT2D eigenvalue weighted by Crippen LogP contribution is 2.34. The molecule has 14 nitrogen and oxygen atoms in total. The summed E-state index contributed by atoms with van der Waals surface area (Å²) in [6.07, 6.45) is 15.6. The van der Waals surface area contributed by atoms with Crippen LogP contribution in [0.25, 0.3) is 0 Å². The van der Waals surface area contributed by atoms with Crippen LogP contribution in [0.1, 0.15) is 129 Å². The quantitative estimate of drug-likeness (QED) is 0.0234. The number of carboxylic acids is 1. The summed E-state index contributed by atoms with van der Waals surface area (Å²) in [5.74, 6) is 0.992. The van der Waals surface area contributed by atoms with Crippen LogP contribution in [0.4, 0.5) is 9.59 Å². The fourth-order valence-corrected chi connectivity index (χ4v) is 11.0. The number of hydrogen-bond acceptors (Lipinski definition) is 10. The van der Waals surface area contributed by atoms with Crippen molar-refractivity contribution < 1.29 is 24.3 Å². The van der Waals surface area contributed by atoms with Gasteiger partial charge in [0, 0.05) is 41.5 Å². The molecule has 0 aliphatic carbocycles. The van der Waals surface area contributed by atoms with Crippen LogP contribution in [-0.4, -0.2) is 117 Å².